The molecule has 0 aromatic rings. The Bertz CT molecular complexity index is 295. The van der Waals surface area contributed by atoms with E-state index in [-0.39, 0.29) is 0 Å². The van der Waals surface area contributed by atoms with Gasteiger partial charge < -0.3 is 0 Å². The van der Waals surface area contributed by atoms with Crippen LogP contribution >= 0.6 is 0 Å². The van der Waals surface area contributed by atoms with Gasteiger partial charge >= 0.3 is 0 Å². The average Bonchev–Trinajstić information content (AvgIpc) is 3.14. The van der Waals surface area contributed by atoms with Crippen molar-refractivity contribution in [1.29, 1.82) is 0 Å². The molecule has 4 aliphatic carbocycles. The molecule has 4 saturated carbocycles. The van der Waals surface area contributed by atoms with E-state index in [1.54, 1.807) is 19.3 Å². The van der Waals surface area contributed by atoms with Gasteiger partial charge in [0.15, 0.2) is 0 Å². The van der Waals surface area contributed by atoms with Gasteiger partial charge in [-0.15, -0.1) is 0 Å². The summed E-state index contributed by atoms with van der Waals surface area (Å²) in [4.78, 5) is 0. The molecule has 0 aromatic heterocycles. The van der Waals surface area contributed by atoms with Gasteiger partial charge in [-0.3, -0.25) is 0 Å². The first-order valence-electron chi connectivity index (χ1n) is 9.51. The molecule has 0 aliphatic heterocycles. The Morgan fingerprint density at radius 2 is 1.15 bits per heavy atom. The van der Waals surface area contributed by atoms with Gasteiger partial charge in [-0.05, 0) is 85.9 Å². The van der Waals surface area contributed by atoms with E-state index in [1.165, 1.54) is 38.5 Å². The molecule has 4 aliphatic rings. The lowest BCUT2D eigenvalue weighted by Gasteiger charge is -2.24. The van der Waals surface area contributed by atoms with Crippen LogP contribution in [0.5, 0.6) is 0 Å². The molecule has 2 bridgehead atoms. The second kappa shape index (κ2) is 5.65. The standard InChI is InChI=1S/C11H20.C9H16/c1-9-7-11(8-10(9)2)5-3-4-6-11;1-6-7(2)9-4-3-8(6)5-9/h9-10H,3-8H2,1-2H3;6-9H,3-5H2,1-2H3. The highest BCUT2D eigenvalue weighted by atomic mass is 14.5. The van der Waals surface area contributed by atoms with Crippen molar-refractivity contribution < 1.29 is 0 Å². The molecule has 116 valence electrons. The smallest absolute Gasteiger partial charge is 0.0292 e. The van der Waals surface area contributed by atoms with E-state index in [2.05, 4.69) is 27.7 Å². The lowest BCUT2D eigenvalue weighted by molar-refractivity contribution is 0.259. The molecule has 0 radical (unpaired) electrons. The van der Waals surface area contributed by atoms with Crippen LogP contribution in [0.2, 0.25) is 0 Å². The Hall–Kier alpha value is 0. The molecule has 0 saturated heterocycles. The van der Waals surface area contributed by atoms with Crippen LogP contribution in [0.25, 0.3) is 0 Å². The second-order valence-electron chi connectivity index (χ2n) is 9.12. The van der Waals surface area contributed by atoms with E-state index < -0.39 is 0 Å². The maximum Gasteiger partial charge on any atom is -0.0292 e. The van der Waals surface area contributed by atoms with Gasteiger partial charge in [-0.1, -0.05) is 40.5 Å². The van der Waals surface area contributed by atoms with E-state index in [1.807, 2.05) is 0 Å². The molecule has 0 aromatic carbocycles. The molecule has 0 heteroatoms. The minimum absolute atomic E-state index is 0.832. The van der Waals surface area contributed by atoms with Crippen LogP contribution in [-0.4, -0.2) is 0 Å². The summed E-state index contributed by atoms with van der Waals surface area (Å²) in [5.74, 6) is 6.34. The first-order chi connectivity index (χ1) is 9.51. The zero-order valence-corrected chi connectivity index (χ0v) is 14.3. The third-order valence-corrected chi connectivity index (χ3v) is 7.98. The summed E-state index contributed by atoms with van der Waals surface area (Å²) in [5, 5.41) is 0. The van der Waals surface area contributed by atoms with Crippen LogP contribution in [-0.2, 0) is 0 Å². The maximum absolute atomic E-state index is 2.44. The summed E-state index contributed by atoms with van der Waals surface area (Å²) in [6.07, 6.45) is 13.8. The number of hydrogen-bond donors (Lipinski definition) is 0. The molecule has 1 spiro atoms. The van der Waals surface area contributed by atoms with Gasteiger partial charge in [0.05, 0.1) is 0 Å². The van der Waals surface area contributed by atoms with Crippen molar-refractivity contribution in [1.82, 2.24) is 0 Å². The van der Waals surface area contributed by atoms with E-state index in [4.69, 9.17) is 0 Å². The highest BCUT2D eigenvalue weighted by molar-refractivity contribution is 4.94. The van der Waals surface area contributed by atoms with Gasteiger partial charge in [0, 0.05) is 0 Å². The van der Waals surface area contributed by atoms with Crippen LogP contribution in [0, 0.1) is 40.9 Å². The van der Waals surface area contributed by atoms with Gasteiger partial charge in [0.2, 0.25) is 0 Å². The Balaban J connectivity index is 0.000000123. The van der Waals surface area contributed by atoms with E-state index >= 15 is 0 Å². The first-order valence-corrected chi connectivity index (χ1v) is 9.51. The van der Waals surface area contributed by atoms with Crippen molar-refractivity contribution in [2.75, 3.05) is 0 Å². The van der Waals surface area contributed by atoms with Crippen LogP contribution in [0.15, 0.2) is 0 Å². The lowest BCUT2D eigenvalue weighted by atomic mass is 9.82. The highest BCUT2D eigenvalue weighted by Gasteiger charge is 2.43. The predicted molar refractivity (Wildman–Crippen MR) is 87.6 cm³/mol. The molecular formula is C20H36. The topological polar surface area (TPSA) is 0 Å². The van der Waals surface area contributed by atoms with Crippen molar-refractivity contribution in [3.05, 3.63) is 0 Å². The summed E-state index contributed by atoms with van der Waals surface area (Å²) < 4.78 is 0. The van der Waals surface area contributed by atoms with Crippen LogP contribution < -0.4 is 0 Å². The second-order valence-corrected chi connectivity index (χ2v) is 9.12. The highest BCUT2D eigenvalue weighted by Crippen LogP contribution is 2.54. The average molecular weight is 277 g/mol. The Morgan fingerprint density at radius 1 is 0.700 bits per heavy atom. The third kappa shape index (κ3) is 2.69. The quantitative estimate of drug-likeness (QED) is 0.487. The fourth-order valence-electron chi connectivity index (χ4n) is 6.25. The monoisotopic (exact) mass is 276 g/mol. The predicted octanol–water partition coefficient (Wildman–Crippen LogP) is 6.30. The minimum atomic E-state index is 0.832. The van der Waals surface area contributed by atoms with E-state index in [0.29, 0.717) is 0 Å². The summed E-state index contributed by atoms with van der Waals surface area (Å²) in [7, 11) is 0. The number of rotatable bonds is 0. The summed E-state index contributed by atoms with van der Waals surface area (Å²) in [5.41, 5.74) is 0.832. The molecule has 0 N–H and O–H groups in total. The van der Waals surface area contributed by atoms with Crippen molar-refractivity contribution in [2.45, 2.75) is 85.5 Å². The first kappa shape index (κ1) is 14.9. The van der Waals surface area contributed by atoms with Gasteiger partial charge in [0.25, 0.3) is 0 Å². The molecular weight excluding hydrogens is 240 g/mol. The zero-order chi connectivity index (χ0) is 14.3. The van der Waals surface area contributed by atoms with Gasteiger partial charge in [-0.2, -0.15) is 0 Å². The number of fused-ring (bicyclic) bond motifs is 2. The molecule has 0 amide bonds. The number of hydrogen-bond acceptors (Lipinski definition) is 0. The fourth-order valence-corrected chi connectivity index (χ4v) is 6.25. The summed E-state index contributed by atoms with van der Waals surface area (Å²) >= 11 is 0. The third-order valence-electron chi connectivity index (χ3n) is 7.98. The SMILES string of the molecule is CC1C2CCC(C2)C1C.CC1CC2(CCCC2)CC1C. The molecule has 6 unspecified atom stereocenters. The molecule has 4 fully saturated rings. The molecule has 20 heavy (non-hydrogen) atoms. The molecule has 4 rings (SSSR count). The fraction of sp³-hybridized carbons (Fsp3) is 1.00. The Labute approximate surface area is 127 Å². The van der Waals surface area contributed by atoms with Gasteiger partial charge in [0.1, 0.15) is 0 Å². The van der Waals surface area contributed by atoms with Crippen LogP contribution in [0.1, 0.15) is 85.5 Å². The van der Waals surface area contributed by atoms with E-state index in [0.717, 1.165) is 40.9 Å². The minimum Gasteiger partial charge on any atom is -0.0622 e. The van der Waals surface area contributed by atoms with Gasteiger partial charge in [-0.25, -0.2) is 0 Å². The van der Waals surface area contributed by atoms with Crippen molar-refractivity contribution in [3.63, 3.8) is 0 Å². The zero-order valence-electron chi connectivity index (χ0n) is 14.3. The van der Waals surface area contributed by atoms with Crippen molar-refractivity contribution in [2.24, 2.45) is 40.9 Å². The van der Waals surface area contributed by atoms with Crippen molar-refractivity contribution >= 4 is 0 Å². The lowest BCUT2D eigenvalue weighted by Crippen LogP contribution is -2.15. The van der Waals surface area contributed by atoms with E-state index in [9.17, 15) is 0 Å². The maximum atomic E-state index is 2.44. The largest absolute Gasteiger partial charge is 0.0622 e. The molecule has 6 atom stereocenters. The van der Waals surface area contributed by atoms with Crippen LogP contribution in [0.4, 0.5) is 0 Å². The van der Waals surface area contributed by atoms with Crippen LogP contribution in [0.3, 0.4) is 0 Å². The summed E-state index contributed by atoms with van der Waals surface area (Å²) in [6, 6.07) is 0. The summed E-state index contributed by atoms with van der Waals surface area (Å²) in [6.45, 7) is 9.76. The molecule has 0 nitrogen and oxygen atoms in total. The Kier molecular flexibility index (Phi) is 4.22. The van der Waals surface area contributed by atoms with Crippen molar-refractivity contribution in [3.8, 4) is 0 Å². The Morgan fingerprint density at radius 3 is 1.50 bits per heavy atom. The molecule has 0 heterocycles. The normalized spacial score (nSPS) is 48.6.